The molecule has 4 nitrogen and oxygen atoms in total. The summed E-state index contributed by atoms with van der Waals surface area (Å²) in [6.45, 7) is 3.23. The molecular weight excluding hydrogens is 233 g/mol. The van der Waals surface area contributed by atoms with Crippen LogP contribution in [0.4, 0.5) is 14.9 Å². The van der Waals surface area contributed by atoms with Gasteiger partial charge in [0.05, 0.1) is 5.54 Å². The highest BCUT2D eigenvalue weighted by molar-refractivity contribution is 5.90. The molecule has 0 unspecified atom stereocenters. The molecule has 1 aliphatic heterocycles. The van der Waals surface area contributed by atoms with Crippen molar-refractivity contribution in [2.24, 2.45) is 5.73 Å². The first-order chi connectivity index (χ1) is 8.52. The number of carbonyl (C=O) groups is 1. The monoisotopic (exact) mass is 251 g/mol. The molecule has 1 aromatic carbocycles. The molecule has 98 valence electrons. The molecule has 0 saturated carbocycles. The Morgan fingerprint density at radius 3 is 2.61 bits per heavy atom. The summed E-state index contributed by atoms with van der Waals surface area (Å²) in [4.78, 5) is 13.5. The third-order valence-corrected chi connectivity index (χ3v) is 3.14. The van der Waals surface area contributed by atoms with Crippen molar-refractivity contribution < 1.29 is 9.18 Å². The first-order valence-electron chi connectivity index (χ1n) is 6.13. The Morgan fingerprint density at radius 2 is 2.06 bits per heavy atom. The van der Waals surface area contributed by atoms with E-state index in [0.29, 0.717) is 18.8 Å². The van der Waals surface area contributed by atoms with Gasteiger partial charge in [0.2, 0.25) is 0 Å². The van der Waals surface area contributed by atoms with Gasteiger partial charge < -0.3 is 16.0 Å². The molecule has 2 amide bonds. The van der Waals surface area contributed by atoms with E-state index in [1.165, 1.54) is 24.3 Å². The zero-order chi connectivity index (χ0) is 13.2. The van der Waals surface area contributed by atoms with Gasteiger partial charge >= 0.3 is 6.03 Å². The number of urea groups is 1. The number of hydrogen-bond acceptors (Lipinski definition) is 2. The van der Waals surface area contributed by atoms with Gasteiger partial charge in [-0.3, -0.25) is 0 Å². The van der Waals surface area contributed by atoms with E-state index in [2.05, 4.69) is 12.2 Å². The molecule has 1 saturated heterocycles. The van der Waals surface area contributed by atoms with E-state index in [1.54, 1.807) is 4.90 Å². The number of hydrogen-bond donors (Lipinski definition) is 2. The Bertz CT molecular complexity index is 426. The molecule has 0 spiro atoms. The highest BCUT2D eigenvalue weighted by atomic mass is 19.1. The van der Waals surface area contributed by atoms with Gasteiger partial charge in [0, 0.05) is 18.8 Å². The van der Waals surface area contributed by atoms with E-state index in [0.717, 1.165) is 12.8 Å². The van der Waals surface area contributed by atoms with Crippen LogP contribution in [0.1, 0.15) is 19.8 Å². The molecule has 0 aliphatic carbocycles. The van der Waals surface area contributed by atoms with E-state index in [-0.39, 0.29) is 17.4 Å². The number of benzene rings is 1. The van der Waals surface area contributed by atoms with E-state index < -0.39 is 0 Å². The second kappa shape index (κ2) is 4.94. The van der Waals surface area contributed by atoms with Gasteiger partial charge in [-0.1, -0.05) is 13.3 Å². The molecule has 0 aromatic heterocycles. The summed E-state index contributed by atoms with van der Waals surface area (Å²) in [6, 6.07) is 5.52. The zero-order valence-corrected chi connectivity index (χ0v) is 10.4. The van der Waals surface area contributed by atoms with Crippen LogP contribution in [0.25, 0.3) is 0 Å². The van der Waals surface area contributed by atoms with Gasteiger partial charge in [-0.05, 0) is 30.7 Å². The molecule has 0 bridgehead atoms. The molecule has 18 heavy (non-hydrogen) atoms. The third-order valence-electron chi connectivity index (χ3n) is 3.14. The van der Waals surface area contributed by atoms with Crippen molar-refractivity contribution in [2.75, 3.05) is 18.4 Å². The van der Waals surface area contributed by atoms with Gasteiger partial charge in [0.15, 0.2) is 0 Å². The van der Waals surface area contributed by atoms with Crippen molar-refractivity contribution in [2.45, 2.75) is 25.3 Å². The molecule has 5 heteroatoms. The molecule has 1 aromatic rings. The zero-order valence-electron chi connectivity index (χ0n) is 10.4. The van der Waals surface area contributed by atoms with Crippen molar-refractivity contribution >= 4 is 11.7 Å². The van der Waals surface area contributed by atoms with Crippen LogP contribution in [-0.2, 0) is 0 Å². The third kappa shape index (κ3) is 2.79. The van der Waals surface area contributed by atoms with Gasteiger partial charge in [-0.2, -0.15) is 0 Å². The average molecular weight is 251 g/mol. The number of amides is 2. The first-order valence-corrected chi connectivity index (χ1v) is 6.13. The van der Waals surface area contributed by atoms with Crippen LogP contribution in [-0.4, -0.2) is 29.6 Å². The molecular formula is C13H18FN3O. The van der Waals surface area contributed by atoms with Crippen molar-refractivity contribution in [3.63, 3.8) is 0 Å². The van der Waals surface area contributed by atoms with E-state index >= 15 is 0 Å². The Morgan fingerprint density at radius 1 is 1.44 bits per heavy atom. The van der Waals surface area contributed by atoms with Crippen LogP contribution in [0.5, 0.6) is 0 Å². The predicted octanol–water partition coefficient (Wildman–Crippen LogP) is 2.17. The van der Waals surface area contributed by atoms with E-state index in [9.17, 15) is 9.18 Å². The van der Waals surface area contributed by atoms with Gasteiger partial charge in [0.1, 0.15) is 5.82 Å². The lowest BCUT2D eigenvalue weighted by Gasteiger charge is -2.47. The quantitative estimate of drug-likeness (QED) is 0.865. The minimum absolute atomic E-state index is 0.182. The lowest BCUT2D eigenvalue weighted by atomic mass is 9.87. The normalized spacial score (nSPS) is 17.2. The molecule has 0 atom stereocenters. The van der Waals surface area contributed by atoms with Crippen LogP contribution in [0.3, 0.4) is 0 Å². The number of carbonyl (C=O) groups excluding carboxylic acids is 1. The maximum atomic E-state index is 12.7. The molecule has 1 heterocycles. The summed E-state index contributed by atoms with van der Waals surface area (Å²) in [5.74, 6) is -0.319. The summed E-state index contributed by atoms with van der Waals surface area (Å²) >= 11 is 0. The minimum atomic E-state index is -0.319. The topological polar surface area (TPSA) is 58.4 Å². The fourth-order valence-corrected chi connectivity index (χ4v) is 2.25. The Hall–Kier alpha value is -1.62. The van der Waals surface area contributed by atoms with Gasteiger partial charge in [0.25, 0.3) is 0 Å². The maximum Gasteiger partial charge on any atom is 0.321 e. The number of halogens is 1. The number of anilines is 1. The fourth-order valence-electron chi connectivity index (χ4n) is 2.25. The van der Waals surface area contributed by atoms with Crippen molar-refractivity contribution in [3.8, 4) is 0 Å². The summed E-state index contributed by atoms with van der Waals surface area (Å²) in [5.41, 5.74) is 6.45. The summed E-state index contributed by atoms with van der Waals surface area (Å²) in [5, 5.41) is 2.72. The van der Waals surface area contributed by atoms with Crippen LogP contribution >= 0.6 is 0 Å². The van der Waals surface area contributed by atoms with E-state index in [4.69, 9.17) is 5.73 Å². The van der Waals surface area contributed by atoms with Crippen LogP contribution in [0, 0.1) is 5.82 Å². The second-order valence-electron chi connectivity index (χ2n) is 4.91. The van der Waals surface area contributed by atoms with Crippen LogP contribution in [0.2, 0.25) is 0 Å². The SMILES string of the molecule is CCCC1(N)CN(C(=O)Nc2ccc(F)cc2)C1. The summed E-state index contributed by atoms with van der Waals surface area (Å²) in [7, 11) is 0. The summed E-state index contributed by atoms with van der Waals surface area (Å²) in [6.07, 6.45) is 1.94. The van der Waals surface area contributed by atoms with Crippen molar-refractivity contribution in [1.29, 1.82) is 0 Å². The van der Waals surface area contributed by atoms with Crippen LogP contribution in [0.15, 0.2) is 24.3 Å². The van der Waals surface area contributed by atoms with Crippen molar-refractivity contribution in [1.82, 2.24) is 4.90 Å². The molecule has 2 rings (SSSR count). The molecule has 1 fully saturated rings. The average Bonchev–Trinajstić information content (AvgIpc) is 2.29. The highest BCUT2D eigenvalue weighted by Crippen LogP contribution is 2.24. The van der Waals surface area contributed by atoms with Crippen molar-refractivity contribution in [3.05, 3.63) is 30.1 Å². The lowest BCUT2D eigenvalue weighted by Crippen LogP contribution is -2.69. The molecule has 0 radical (unpaired) electrons. The number of nitrogens with one attached hydrogen (secondary N) is 1. The Kier molecular flexibility index (Phi) is 3.52. The predicted molar refractivity (Wildman–Crippen MR) is 68.8 cm³/mol. The minimum Gasteiger partial charge on any atom is -0.322 e. The number of nitrogens with zero attached hydrogens (tertiary/aromatic N) is 1. The smallest absolute Gasteiger partial charge is 0.321 e. The molecule has 1 aliphatic rings. The molecule has 3 N–H and O–H groups in total. The maximum absolute atomic E-state index is 12.7. The van der Waals surface area contributed by atoms with Gasteiger partial charge in [-0.25, -0.2) is 9.18 Å². The number of likely N-dealkylation sites (tertiary alicyclic amines) is 1. The largest absolute Gasteiger partial charge is 0.322 e. The standard InChI is InChI=1S/C13H18FN3O/c1-2-7-13(15)8-17(9-13)12(18)16-11-5-3-10(14)4-6-11/h3-6H,2,7-9,15H2,1H3,(H,16,18). The highest BCUT2D eigenvalue weighted by Gasteiger charge is 2.41. The Labute approximate surface area is 106 Å². The Balaban J connectivity index is 1.85. The fraction of sp³-hybridized carbons (Fsp3) is 0.462. The van der Waals surface area contributed by atoms with Crippen LogP contribution < -0.4 is 11.1 Å². The summed E-state index contributed by atoms with van der Waals surface area (Å²) < 4.78 is 12.7. The lowest BCUT2D eigenvalue weighted by molar-refractivity contribution is 0.0980. The van der Waals surface area contributed by atoms with Gasteiger partial charge in [-0.15, -0.1) is 0 Å². The first kappa shape index (κ1) is 12.8. The number of rotatable bonds is 3. The second-order valence-corrected chi connectivity index (χ2v) is 4.91. The van der Waals surface area contributed by atoms with E-state index in [1.807, 2.05) is 0 Å². The number of nitrogens with two attached hydrogens (primary N) is 1.